The van der Waals surface area contributed by atoms with Crippen LogP contribution >= 0.6 is 7.75 Å². The molecule has 232 valence electrons. The van der Waals surface area contributed by atoms with Crippen LogP contribution in [0.2, 0.25) is 0 Å². The van der Waals surface area contributed by atoms with Crippen LogP contribution in [-0.2, 0) is 34.8 Å². The Balaban J connectivity index is 1.19. The largest absolute Gasteiger partial charge is 0.460 e. The highest BCUT2D eigenvalue weighted by molar-refractivity contribution is 7.52. The highest BCUT2D eigenvalue weighted by Crippen LogP contribution is 2.47. The van der Waals surface area contributed by atoms with Crippen LogP contribution in [0.25, 0.3) is 21.9 Å². The summed E-state index contributed by atoms with van der Waals surface area (Å²) in [6.07, 6.45) is -2.05. The van der Waals surface area contributed by atoms with Crippen LogP contribution in [0, 0.1) is 6.08 Å². The van der Waals surface area contributed by atoms with E-state index in [1.807, 2.05) is 48.5 Å². The monoisotopic (exact) mass is 634 g/mol. The first-order valence-electron chi connectivity index (χ1n) is 13.9. The predicted molar refractivity (Wildman–Crippen MR) is 160 cm³/mol. The number of benzene rings is 3. The molecule has 0 amide bonds. The fourth-order valence-electron chi connectivity index (χ4n) is 4.85. The lowest BCUT2D eigenvalue weighted by Crippen LogP contribution is -2.35. The minimum absolute atomic E-state index is 0.0177. The molecule has 13 nitrogen and oxygen atoms in total. The van der Waals surface area contributed by atoms with Crippen LogP contribution in [0.3, 0.4) is 0 Å². The molecule has 5 aromatic rings. The number of nitrogens with two attached hydrogens (primary N) is 1. The van der Waals surface area contributed by atoms with Gasteiger partial charge in [-0.05, 0) is 23.9 Å². The highest BCUT2D eigenvalue weighted by Gasteiger charge is 2.39. The number of halogens is 1. The van der Waals surface area contributed by atoms with Gasteiger partial charge in [-0.25, -0.2) is 9.55 Å². The number of hydrogen-bond donors (Lipinski definition) is 2. The number of fused-ring (bicyclic) bond motifs is 2. The second-order valence-corrected chi connectivity index (χ2v) is 12.0. The van der Waals surface area contributed by atoms with Gasteiger partial charge in [0.05, 0.1) is 19.0 Å². The maximum Gasteiger partial charge on any atom is 0.459 e. The van der Waals surface area contributed by atoms with Gasteiger partial charge in [0.15, 0.2) is 29.0 Å². The second-order valence-electron chi connectivity index (χ2n) is 10.3. The van der Waals surface area contributed by atoms with Crippen molar-refractivity contribution < 1.29 is 37.1 Å². The number of carbonyl (C=O) groups excluding carboxylic acids is 2. The molecule has 3 aromatic carbocycles. The van der Waals surface area contributed by atoms with Crippen molar-refractivity contribution in [2.24, 2.45) is 0 Å². The van der Waals surface area contributed by atoms with Crippen molar-refractivity contribution in [1.29, 1.82) is 0 Å². The molecule has 1 fully saturated rings. The third kappa shape index (κ3) is 6.69. The first-order chi connectivity index (χ1) is 21.7. The van der Waals surface area contributed by atoms with Crippen molar-refractivity contribution >= 4 is 47.3 Å². The average molecular weight is 635 g/mol. The molecular formula is C30H28FN6O7P. The van der Waals surface area contributed by atoms with Crippen molar-refractivity contribution in [3.05, 3.63) is 90.8 Å². The number of Topliss-reactive ketones (excluding diaryl/α,β-unsaturated/α-hetero) is 1. The number of esters is 1. The van der Waals surface area contributed by atoms with Crippen molar-refractivity contribution in [1.82, 2.24) is 24.6 Å². The molecule has 2 aromatic heterocycles. The molecule has 3 heterocycles. The minimum atomic E-state index is -4.30. The molecular weight excluding hydrogens is 606 g/mol. The molecule has 45 heavy (non-hydrogen) atoms. The Kier molecular flexibility index (Phi) is 8.55. The van der Waals surface area contributed by atoms with Gasteiger partial charge in [-0.3, -0.25) is 18.7 Å². The SMILES string of the molecule is C[C@H](NP(=O)(OC[C@@H]1CC(=O)C(n2cnc3c(N)nc(F)nc32)O1)Oc1cccc2ccccc12)C(=O)OCc1ccccc1. The maximum atomic E-state index is 14.2. The second kappa shape index (κ2) is 12.7. The molecule has 6 rings (SSSR count). The summed E-state index contributed by atoms with van der Waals surface area (Å²) in [6.45, 7) is 1.13. The molecule has 0 saturated carbocycles. The molecule has 1 saturated heterocycles. The van der Waals surface area contributed by atoms with E-state index in [1.165, 1.54) is 17.8 Å². The Morgan fingerprint density at radius 2 is 1.89 bits per heavy atom. The van der Waals surface area contributed by atoms with Crippen LogP contribution in [0.4, 0.5) is 10.2 Å². The van der Waals surface area contributed by atoms with Crippen LogP contribution in [0.15, 0.2) is 79.1 Å². The topological polar surface area (TPSA) is 170 Å². The van der Waals surface area contributed by atoms with Gasteiger partial charge < -0.3 is 19.7 Å². The van der Waals surface area contributed by atoms with Crippen LogP contribution in [-0.4, -0.2) is 50.0 Å². The van der Waals surface area contributed by atoms with Crippen LogP contribution in [0.1, 0.15) is 25.1 Å². The maximum absolute atomic E-state index is 14.2. The first kappa shape index (κ1) is 30.3. The fraction of sp³-hybridized carbons (Fsp3) is 0.233. The van der Waals surface area contributed by atoms with E-state index < -0.39 is 38.2 Å². The summed E-state index contributed by atoms with van der Waals surface area (Å²) in [6, 6.07) is 20.6. The summed E-state index contributed by atoms with van der Waals surface area (Å²) < 4.78 is 52.4. The smallest absolute Gasteiger partial charge is 0.459 e. The summed E-state index contributed by atoms with van der Waals surface area (Å²) in [7, 11) is -4.30. The molecule has 1 aliphatic rings. The van der Waals surface area contributed by atoms with Gasteiger partial charge in [-0.15, -0.1) is 0 Å². The predicted octanol–water partition coefficient (Wildman–Crippen LogP) is 4.48. The molecule has 15 heteroatoms. The third-order valence-electron chi connectivity index (χ3n) is 7.03. The number of rotatable bonds is 11. The van der Waals surface area contributed by atoms with Crippen molar-refractivity contribution in [2.75, 3.05) is 12.3 Å². The molecule has 0 aliphatic carbocycles. The van der Waals surface area contributed by atoms with E-state index in [4.69, 9.17) is 24.3 Å². The Labute approximate surface area is 256 Å². The molecule has 0 spiro atoms. The highest BCUT2D eigenvalue weighted by atomic mass is 31.2. The molecule has 2 unspecified atom stereocenters. The van der Waals surface area contributed by atoms with E-state index in [0.29, 0.717) is 5.39 Å². The van der Waals surface area contributed by atoms with E-state index >= 15 is 0 Å². The lowest BCUT2D eigenvalue weighted by Gasteiger charge is -2.24. The quantitative estimate of drug-likeness (QED) is 0.119. The number of nitrogens with one attached hydrogen (secondary N) is 1. The van der Waals surface area contributed by atoms with Gasteiger partial charge in [0, 0.05) is 11.8 Å². The number of ketones is 1. The molecule has 4 atom stereocenters. The first-order valence-corrected chi connectivity index (χ1v) is 15.5. The van der Waals surface area contributed by atoms with E-state index in [-0.39, 0.29) is 48.1 Å². The summed E-state index contributed by atoms with van der Waals surface area (Å²) >= 11 is 0. The van der Waals surface area contributed by atoms with Gasteiger partial charge in [0.1, 0.15) is 18.4 Å². The number of nitrogens with zero attached hydrogens (tertiary/aromatic N) is 4. The zero-order valence-corrected chi connectivity index (χ0v) is 24.8. The average Bonchev–Trinajstić information content (AvgIpc) is 3.62. The molecule has 0 bridgehead atoms. The zero-order chi connectivity index (χ0) is 31.6. The minimum Gasteiger partial charge on any atom is -0.460 e. The zero-order valence-electron chi connectivity index (χ0n) is 23.9. The van der Waals surface area contributed by atoms with Crippen LogP contribution < -0.4 is 15.3 Å². The van der Waals surface area contributed by atoms with Gasteiger partial charge in [-0.2, -0.15) is 19.4 Å². The Hall–Kier alpha value is -4.75. The Morgan fingerprint density at radius 3 is 2.71 bits per heavy atom. The number of hydrogen-bond acceptors (Lipinski definition) is 11. The summed E-state index contributed by atoms with van der Waals surface area (Å²) in [5.74, 6) is -0.997. The van der Waals surface area contributed by atoms with Crippen molar-refractivity contribution in [2.45, 2.75) is 38.3 Å². The summed E-state index contributed by atoms with van der Waals surface area (Å²) in [4.78, 5) is 37.0. The van der Waals surface area contributed by atoms with E-state index in [2.05, 4.69) is 20.0 Å². The van der Waals surface area contributed by atoms with Gasteiger partial charge in [0.25, 0.3) is 0 Å². The van der Waals surface area contributed by atoms with Crippen molar-refractivity contribution in [3.63, 3.8) is 0 Å². The number of ether oxygens (including phenoxy) is 2. The summed E-state index contributed by atoms with van der Waals surface area (Å²) in [5, 5.41) is 4.16. The van der Waals surface area contributed by atoms with Crippen LogP contribution in [0.5, 0.6) is 5.75 Å². The van der Waals surface area contributed by atoms with Gasteiger partial charge in [-0.1, -0.05) is 66.7 Å². The van der Waals surface area contributed by atoms with E-state index in [9.17, 15) is 18.5 Å². The normalized spacial score (nSPS) is 18.6. The summed E-state index contributed by atoms with van der Waals surface area (Å²) in [5.41, 5.74) is 6.61. The Bertz CT molecular complexity index is 1920. The molecule has 1 aliphatic heterocycles. The third-order valence-corrected chi connectivity index (χ3v) is 8.66. The lowest BCUT2D eigenvalue weighted by molar-refractivity contribution is -0.146. The number of imidazole rings is 1. The Morgan fingerprint density at radius 1 is 1.13 bits per heavy atom. The van der Waals surface area contributed by atoms with Crippen molar-refractivity contribution in [3.8, 4) is 5.75 Å². The lowest BCUT2D eigenvalue weighted by atomic mass is 10.1. The van der Waals surface area contributed by atoms with Gasteiger partial charge >= 0.3 is 19.8 Å². The number of anilines is 1. The molecule has 3 N–H and O–H groups in total. The van der Waals surface area contributed by atoms with E-state index in [0.717, 1.165) is 10.9 Å². The number of nitrogen functional groups attached to an aromatic ring is 1. The number of carbonyl (C=O) groups is 2. The van der Waals surface area contributed by atoms with E-state index in [1.54, 1.807) is 24.3 Å². The molecule has 0 radical (unpaired) electrons. The van der Waals surface area contributed by atoms with Gasteiger partial charge in [0.2, 0.25) is 0 Å². The fourth-order valence-corrected chi connectivity index (χ4v) is 6.39. The standard InChI is InChI=1S/C30H28FN6O7P/c1-18(29(39)41-15-19-8-3-2-4-9-19)36-45(40,44-24-13-7-11-20-10-5-6-12-22(20)24)42-16-21-14-23(38)28(43-21)37-17-33-25-26(32)34-30(31)35-27(25)37/h2-13,17-18,21,28H,14-16H2,1H3,(H,36,40)(H2,32,34,35)/t18-,21-,28?,45?/m0/s1. The number of aromatic nitrogens is 4.